The molecule has 0 unspecified atom stereocenters. The predicted octanol–water partition coefficient (Wildman–Crippen LogP) is 3.91. The molecule has 1 aliphatic heterocycles. The van der Waals surface area contributed by atoms with E-state index < -0.39 is 0 Å². The first kappa shape index (κ1) is 20.2. The molecule has 0 saturated carbocycles. The number of hydroxylamine groups is 1. The number of carbonyl (C=O) groups excluding carboxylic acids is 2. The number of unbranched alkanes of at least 4 members (excludes halogenated alkanes) is 2. The number of hydrogen-bond donors (Lipinski definition) is 2. The first-order valence-corrected chi connectivity index (χ1v) is 10.6. The van der Waals surface area contributed by atoms with Crippen LogP contribution in [0.2, 0.25) is 0 Å². The van der Waals surface area contributed by atoms with Crippen molar-refractivity contribution in [2.24, 2.45) is 0 Å². The van der Waals surface area contributed by atoms with Crippen molar-refractivity contribution in [3.05, 3.63) is 71.4 Å². The summed E-state index contributed by atoms with van der Waals surface area (Å²) >= 11 is 0. The summed E-state index contributed by atoms with van der Waals surface area (Å²) in [5, 5.41) is 9.89. The van der Waals surface area contributed by atoms with Crippen LogP contribution in [0.5, 0.6) is 0 Å². The lowest BCUT2D eigenvalue weighted by atomic mass is 10.0. The zero-order chi connectivity index (χ0) is 20.9. The molecule has 0 spiro atoms. The number of nitrogens with one attached hydrogen (secondary N) is 1. The van der Waals surface area contributed by atoms with Crippen molar-refractivity contribution in [2.75, 3.05) is 6.54 Å². The van der Waals surface area contributed by atoms with Gasteiger partial charge >= 0.3 is 0 Å². The molecular weight excluding hydrogens is 378 g/mol. The van der Waals surface area contributed by atoms with Crippen molar-refractivity contribution in [1.82, 2.24) is 14.9 Å². The van der Waals surface area contributed by atoms with Crippen molar-refractivity contribution in [3.63, 3.8) is 0 Å². The average Bonchev–Trinajstić information content (AvgIpc) is 3.11. The number of amides is 2. The fourth-order valence-electron chi connectivity index (χ4n) is 4.37. The van der Waals surface area contributed by atoms with Crippen LogP contribution in [0.3, 0.4) is 0 Å². The Kier molecular flexibility index (Phi) is 6.14. The van der Waals surface area contributed by atoms with E-state index >= 15 is 0 Å². The molecule has 6 heteroatoms. The molecule has 0 atom stereocenters. The van der Waals surface area contributed by atoms with Gasteiger partial charge in [0.05, 0.1) is 6.54 Å². The van der Waals surface area contributed by atoms with Crippen LogP contribution in [-0.2, 0) is 24.3 Å². The first-order chi connectivity index (χ1) is 14.7. The van der Waals surface area contributed by atoms with Crippen molar-refractivity contribution in [2.45, 2.75) is 45.2 Å². The van der Waals surface area contributed by atoms with E-state index in [1.165, 1.54) is 22.2 Å². The largest absolute Gasteiger partial charge is 0.343 e. The topological polar surface area (TPSA) is 74.6 Å². The van der Waals surface area contributed by atoms with Crippen molar-refractivity contribution in [1.29, 1.82) is 0 Å². The quantitative estimate of drug-likeness (QED) is 0.356. The van der Waals surface area contributed by atoms with Crippen LogP contribution < -0.4 is 5.48 Å². The van der Waals surface area contributed by atoms with Gasteiger partial charge in [0.15, 0.2) is 0 Å². The number of aryl methyl sites for hydroxylation is 1. The molecule has 156 valence electrons. The molecule has 2 aromatic carbocycles. The molecule has 4 rings (SSSR count). The van der Waals surface area contributed by atoms with Crippen LogP contribution in [0.25, 0.3) is 10.9 Å². The number of carbonyl (C=O) groups is 2. The third-order valence-electron chi connectivity index (χ3n) is 5.88. The van der Waals surface area contributed by atoms with E-state index in [4.69, 9.17) is 5.21 Å². The van der Waals surface area contributed by atoms with Crippen molar-refractivity contribution >= 4 is 22.7 Å². The number of rotatable bonds is 7. The van der Waals surface area contributed by atoms with Gasteiger partial charge in [-0.1, -0.05) is 42.8 Å². The Morgan fingerprint density at radius 1 is 0.967 bits per heavy atom. The number of hydrogen-bond acceptors (Lipinski definition) is 3. The normalized spacial score (nSPS) is 13.3. The van der Waals surface area contributed by atoms with Crippen LogP contribution in [0.4, 0.5) is 0 Å². The molecule has 1 aliphatic rings. The molecule has 0 fully saturated rings. The van der Waals surface area contributed by atoms with Gasteiger partial charge in [0.2, 0.25) is 5.91 Å². The Hall–Kier alpha value is -3.12. The molecule has 6 nitrogen and oxygen atoms in total. The highest BCUT2D eigenvalue weighted by molar-refractivity contribution is 5.95. The van der Waals surface area contributed by atoms with Crippen molar-refractivity contribution < 1.29 is 14.8 Å². The van der Waals surface area contributed by atoms with Crippen LogP contribution in [0.1, 0.15) is 47.3 Å². The van der Waals surface area contributed by atoms with E-state index in [-0.39, 0.29) is 11.8 Å². The Labute approximate surface area is 176 Å². The van der Waals surface area contributed by atoms with Gasteiger partial charge in [0, 0.05) is 41.7 Å². The lowest BCUT2D eigenvalue weighted by Gasteiger charge is -2.29. The van der Waals surface area contributed by atoms with Gasteiger partial charge in [-0.15, -0.1) is 0 Å². The minimum absolute atomic E-state index is 0.0769. The molecule has 2 heterocycles. The maximum atomic E-state index is 13.0. The number of fused-ring (bicyclic) bond motifs is 3. The van der Waals surface area contributed by atoms with Gasteiger partial charge < -0.3 is 9.47 Å². The van der Waals surface area contributed by atoms with Gasteiger partial charge in [0.25, 0.3) is 5.91 Å². The third kappa shape index (κ3) is 4.09. The monoisotopic (exact) mass is 405 g/mol. The maximum Gasteiger partial charge on any atom is 0.254 e. The SMILES string of the molecule is O=C(CCCCCn1c2c(c3ccccc31)CCN(C(=O)c1ccccc1)C2)NO. The van der Waals surface area contributed by atoms with Gasteiger partial charge in [-0.05, 0) is 43.0 Å². The Morgan fingerprint density at radius 3 is 2.53 bits per heavy atom. The van der Waals surface area contributed by atoms with Gasteiger partial charge in [-0.3, -0.25) is 14.8 Å². The lowest BCUT2D eigenvalue weighted by Crippen LogP contribution is -2.36. The maximum absolute atomic E-state index is 13.0. The highest BCUT2D eigenvalue weighted by Gasteiger charge is 2.26. The van der Waals surface area contributed by atoms with E-state index in [1.54, 1.807) is 5.48 Å². The summed E-state index contributed by atoms with van der Waals surface area (Å²) in [6.07, 6.45) is 3.78. The summed E-state index contributed by atoms with van der Waals surface area (Å²) < 4.78 is 2.35. The van der Waals surface area contributed by atoms with E-state index in [0.717, 1.165) is 44.3 Å². The molecule has 0 saturated heterocycles. The fourth-order valence-corrected chi connectivity index (χ4v) is 4.37. The second-order valence-electron chi connectivity index (χ2n) is 7.78. The summed E-state index contributed by atoms with van der Waals surface area (Å²) in [6.45, 7) is 2.19. The second kappa shape index (κ2) is 9.13. The summed E-state index contributed by atoms with van der Waals surface area (Å²) in [5.74, 6) is -0.262. The average molecular weight is 405 g/mol. The molecule has 2 amide bonds. The van der Waals surface area contributed by atoms with E-state index in [2.05, 4.69) is 28.8 Å². The van der Waals surface area contributed by atoms with Crippen molar-refractivity contribution in [3.8, 4) is 0 Å². The highest BCUT2D eigenvalue weighted by Crippen LogP contribution is 2.31. The lowest BCUT2D eigenvalue weighted by molar-refractivity contribution is -0.129. The van der Waals surface area contributed by atoms with E-state index in [0.29, 0.717) is 13.0 Å². The highest BCUT2D eigenvalue weighted by atomic mass is 16.5. The molecule has 2 N–H and O–H groups in total. The smallest absolute Gasteiger partial charge is 0.254 e. The summed E-state index contributed by atoms with van der Waals surface area (Å²) in [7, 11) is 0. The standard InChI is InChI=1S/C24H27N3O3/c28-23(25-30)13-5-2-8-15-27-21-12-7-6-11-19(21)20-14-16-26(17-22(20)27)24(29)18-9-3-1-4-10-18/h1,3-4,6-7,9-12,30H,2,5,8,13-17H2,(H,25,28). The zero-order valence-corrected chi connectivity index (χ0v) is 17.0. The number of benzene rings is 2. The van der Waals surface area contributed by atoms with Gasteiger partial charge in [-0.2, -0.15) is 0 Å². The number of nitrogens with zero attached hydrogens (tertiary/aromatic N) is 2. The molecule has 0 aliphatic carbocycles. The summed E-state index contributed by atoms with van der Waals surface area (Å²) in [6, 6.07) is 17.9. The molecule has 1 aromatic heterocycles. The van der Waals surface area contributed by atoms with Crippen LogP contribution in [-0.4, -0.2) is 33.0 Å². The minimum atomic E-state index is -0.339. The second-order valence-corrected chi connectivity index (χ2v) is 7.78. The Balaban J connectivity index is 1.53. The van der Waals surface area contributed by atoms with E-state index in [1.807, 2.05) is 35.2 Å². The summed E-state index contributed by atoms with van der Waals surface area (Å²) in [5.41, 5.74) is 6.19. The Morgan fingerprint density at radius 2 is 1.73 bits per heavy atom. The fraction of sp³-hybridized carbons (Fsp3) is 0.333. The third-order valence-corrected chi connectivity index (χ3v) is 5.88. The van der Waals surface area contributed by atoms with E-state index in [9.17, 15) is 9.59 Å². The molecular formula is C24H27N3O3. The minimum Gasteiger partial charge on any atom is -0.343 e. The zero-order valence-electron chi connectivity index (χ0n) is 17.0. The van der Waals surface area contributed by atoms with Crippen LogP contribution in [0.15, 0.2) is 54.6 Å². The molecule has 30 heavy (non-hydrogen) atoms. The first-order valence-electron chi connectivity index (χ1n) is 10.6. The summed E-state index contributed by atoms with van der Waals surface area (Å²) in [4.78, 5) is 26.1. The van der Waals surface area contributed by atoms with Crippen LogP contribution in [0, 0.1) is 0 Å². The molecule has 0 radical (unpaired) electrons. The Bertz CT molecular complexity index is 1040. The molecule has 0 bridgehead atoms. The number of aromatic nitrogens is 1. The van der Waals surface area contributed by atoms with Crippen LogP contribution >= 0.6 is 0 Å². The predicted molar refractivity (Wildman–Crippen MR) is 115 cm³/mol. The van der Waals surface area contributed by atoms with Gasteiger partial charge in [-0.25, -0.2) is 5.48 Å². The number of para-hydroxylation sites is 1. The van der Waals surface area contributed by atoms with Gasteiger partial charge in [0.1, 0.15) is 0 Å². The molecule has 3 aromatic rings.